The summed E-state index contributed by atoms with van der Waals surface area (Å²) in [5.41, 5.74) is 8.35. The van der Waals surface area contributed by atoms with Gasteiger partial charge in [-0.2, -0.15) is 0 Å². The van der Waals surface area contributed by atoms with E-state index in [-0.39, 0.29) is 12.3 Å². The number of fused-ring (bicyclic) bond motifs is 6. The zero-order chi connectivity index (χ0) is 49.8. The first kappa shape index (κ1) is 46.1. The number of pyridine rings is 4. The molecule has 1 radical (unpaired) electrons. The Hall–Kier alpha value is -8.68. The Morgan fingerprint density at radius 3 is 1.86 bits per heavy atom. The van der Waals surface area contributed by atoms with Crippen molar-refractivity contribution in [2.45, 2.75) is 72.5 Å². The largest absolute Gasteiger partial charge is 0.496 e. The molecule has 1 aliphatic heterocycles. The molecule has 10 rings (SSSR count). The van der Waals surface area contributed by atoms with Gasteiger partial charge in [-0.25, -0.2) is 4.79 Å². The molecule has 3 amide bonds. The molecule has 0 bridgehead atoms. The van der Waals surface area contributed by atoms with Gasteiger partial charge in [-0.3, -0.25) is 43.5 Å². The third kappa shape index (κ3) is 7.90. The topological polar surface area (TPSA) is 228 Å². The summed E-state index contributed by atoms with van der Waals surface area (Å²) >= 11 is 0. The predicted octanol–water partition coefficient (Wildman–Crippen LogP) is 6.91. The lowest BCUT2D eigenvalue weighted by molar-refractivity contribution is -0.125. The minimum atomic E-state index is -0.933. The van der Waals surface area contributed by atoms with Crippen molar-refractivity contribution in [1.29, 1.82) is 0 Å². The number of hydrogen-bond acceptors (Lipinski definition) is 14. The van der Waals surface area contributed by atoms with Gasteiger partial charge >= 0.3 is 13.2 Å². The number of ether oxygens (including phenoxy) is 2. The first-order valence-corrected chi connectivity index (χ1v) is 22.8. The maximum atomic E-state index is 14.6. The van der Waals surface area contributed by atoms with Gasteiger partial charge in [0.2, 0.25) is 17.7 Å². The lowest BCUT2D eigenvalue weighted by Crippen LogP contribution is -2.44. The van der Waals surface area contributed by atoms with Crippen LogP contribution in [-0.4, -0.2) is 78.9 Å². The normalized spacial score (nSPS) is 14.2. The van der Waals surface area contributed by atoms with E-state index in [1.54, 1.807) is 60.6 Å². The number of hydrogen-bond donors (Lipinski definition) is 2. The van der Waals surface area contributed by atoms with Gasteiger partial charge in [-0.1, -0.05) is 22.4 Å². The second kappa shape index (κ2) is 18.3. The van der Waals surface area contributed by atoms with E-state index in [0.29, 0.717) is 89.9 Å². The molecule has 7 aromatic heterocycles. The molecule has 2 aromatic carbocycles. The molecule has 9 aromatic rings. The Morgan fingerprint density at radius 1 is 0.732 bits per heavy atom. The number of anilines is 1. The van der Waals surface area contributed by atoms with Gasteiger partial charge in [-0.15, -0.1) is 0 Å². The molecule has 71 heavy (non-hydrogen) atoms. The summed E-state index contributed by atoms with van der Waals surface area (Å²) in [5.74, 6) is -0.160. The Morgan fingerprint density at radius 2 is 1.30 bits per heavy atom. The number of amides is 3. The van der Waals surface area contributed by atoms with Crippen LogP contribution in [0.2, 0.25) is 0 Å². The van der Waals surface area contributed by atoms with Crippen LogP contribution in [0.25, 0.3) is 55.1 Å². The van der Waals surface area contributed by atoms with Crippen LogP contribution in [0.15, 0.2) is 99.3 Å². The molecule has 2 N–H and O–H groups in total. The van der Waals surface area contributed by atoms with E-state index in [9.17, 15) is 19.2 Å². The van der Waals surface area contributed by atoms with Crippen molar-refractivity contribution >= 4 is 63.8 Å². The Bertz CT molecular complexity index is 3610. The molecule has 357 valence electrons. The standard InChI is InChI=1S/C51H47BN11O8/c1-25-46(29(5)70-59-25)34-17-39-32(19-42(34)68-7)48-36(22-55-39)31(50(66)62(48)27(3)37-13-9-11-15-53-37)21-44(64)57-52-58-45(65)24-61-41-23-56-40-18-35(47-26(2)60-71-30(47)6)43(69-8)20-33(40)49(41)63(51(61)67)28(4)38-14-10-12-16-54-38/h9-20,22-23,27-28,31H,21,24H2,1-8H3,(H,57,64)(H,58,65)/t27-,28-,31?/m1/s1. The van der Waals surface area contributed by atoms with Crippen molar-refractivity contribution < 1.29 is 32.9 Å². The molecule has 1 unspecified atom stereocenters. The molecular weight excluding hydrogens is 905 g/mol. The number of benzene rings is 2. The van der Waals surface area contributed by atoms with E-state index in [0.717, 1.165) is 29.8 Å². The Kier molecular flexibility index (Phi) is 11.9. The predicted molar refractivity (Wildman–Crippen MR) is 264 cm³/mol. The highest BCUT2D eigenvalue weighted by molar-refractivity contribution is 6.38. The number of imidazole rings is 1. The molecule has 8 heterocycles. The van der Waals surface area contributed by atoms with Crippen molar-refractivity contribution in [3.63, 3.8) is 0 Å². The first-order chi connectivity index (χ1) is 34.3. The molecular formula is C51H47BN11O8. The van der Waals surface area contributed by atoms with E-state index < -0.39 is 42.1 Å². The number of rotatable bonds is 14. The van der Waals surface area contributed by atoms with Crippen molar-refractivity contribution in [2.75, 3.05) is 19.1 Å². The van der Waals surface area contributed by atoms with Gasteiger partial charge in [0.05, 0.1) is 100 Å². The quantitative estimate of drug-likeness (QED) is 0.106. The monoisotopic (exact) mass is 952 g/mol. The summed E-state index contributed by atoms with van der Waals surface area (Å²) in [7, 11) is 4.23. The van der Waals surface area contributed by atoms with Gasteiger partial charge in [-0.05, 0) is 90.1 Å². The van der Waals surface area contributed by atoms with Crippen LogP contribution in [0.4, 0.5) is 5.69 Å². The Balaban J connectivity index is 0.924. The van der Waals surface area contributed by atoms with Crippen LogP contribution in [0.1, 0.15) is 78.1 Å². The average molecular weight is 953 g/mol. The second-order valence-corrected chi connectivity index (χ2v) is 17.4. The highest BCUT2D eigenvalue weighted by atomic mass is 16.5. The molecule has 19 nitrogen and oxygen atoms in total. The summed E-state index contributed by atoms with van der Waals surface area (Å²) < 4.78 is 25.6. The lowest BCUT2D eigenvalue weighted by atomic mass is 9.95. The molecule has 0 aliphatic carbocycles. The third-order valence-electron chi connectivity index (χ3n) is 13.2. The molecule has 1 aliphatic rings. The number of carbonyl (C=O) groups is 3. The summed E-state index contributed by atoms with van der Waals surface area (Å²) in [4.78, 5) is 77.0. The van der Waals surface area contributed by atoms with Crippen molar-refractivity contribution in [3.05, 3.63) is 136 Å². The smallest absolute Gasteiger partial charge is 0.390 e. The van der Waals surface area contributed by atoms with Crippen molar-refractivity contribution in [2.24, 2.45) is 0 Å². The molecule has 3 atom stereocenters. The van der Waals surface area contributed by atoms with Crippen molar-refractivity contribution in [1.82, 2.24) is 49.8 Å². The minimum Gasteiger partial charge on any atom is -0.496 e. The fourth-order valence-corrected chi connectivity index (χ4v) is 9.83. The van der Waals surface area contributed by atoms with Gasteiger partial charge in [0.1, 0.15) is 29.6 Å². The van der Waals surface area contributed by atoms with E-state index >= 15 is 0 Å². The van der Waals surface area contributed by atoms with Crippen LogP contribution in [0, 0.1) is 27.7 Å². The number of nitrogens with one attached hydrogen (secondary N) is 2. The molecule has 0 saturated carbocycles. The maximum absolute atomic E-state index is 14.6. The molecule has 0 spiro atoms. The van der Waals surface area contributed by atoms with Crippen LogP contribution in [0.5, 0.6) is 11.5 Å². The lowest BCUT2D eigenvalue weighted by Gasteiger charge is -2.26. The first-order valence-electron chi connectivity index (χ1n) is 22.8. The van der Waals surface area contributed by atoms with Crippen molar-refractivity contribution in [3.8, 4) is 33.8 Å². The summed E-state index contributed by atoms with van der Waals surface area (Å²) in [6, 6.07) is 17.3. The van der Waals surface area contributed by atoms with Gasteiger partial charge in [0, 0.05) is 52.5 Å². The molecule has 20 heteroatoms. The van der Waals surface area contributed by atoms with Crippen LogP contribution >= 0.6 is 0 Å². The number of aryl methyl sites for hydroxylation is 4. The fourth-order valence-electron chi connectivity index (χ4n) is 9.83. The zero-order valence-corrected chi connectivity index (χ0v) is 40.1. The van der Waals surface area contributed by atoms with E-state index in [1.165, 1.54) is 4.57 Å². The molecule has 0 saturated heterocycles. The number of carbonyl (C=O) groups excluding carboxylic acids is 3. The third-order valence-corrected chi connectivity index (χ3v) is 13.2. The van der Waals surface area contributed by atoms with E-state index in [2.05, 4.69) is 30.7 Å². The average Bonchev–Trinajstić information content (AvgIpc) is 4.08. The number of methoxy groups -OCH3 is 2. The van der Waals surface area contributed by atoms with E-state index in [4.69, 9.17) is 28.5 Å². The summed E-state index contributed by atoms with van der Waals surface area (Å²) in [6.07, 6.45) is 6.23. The summed E-state index contributed by atoms with van der Waals surface area (Å²) in [6.45, 7) is 10.6. The van der Waals surface area contributed by atoms with Crippen LogP contribution < -0.4 is 30.5 Å². The zero-order valence-electron chi connectivity index (χ0n) is 40.1. The second-order valence-electron chi connectivity index (χ2n) is 17.4. The fraction of sp³-hybridized carbons (Fsp3) is 0.255. The van der Waals surface area contributed by atoms with E-state index in [1.807, 2.05) is 90.1 Å². The van der Waals surface area contributed by atoms with Gasteiger partial charge in [0.15, 0.2) is 0 Å². The number of aromatic nitrogens is 8. The SMILES string of the molecule is COc1cc2c3c(cnc2cc1-c1c(C)noc1C)C(CC(=O)N[B]NC(=O)Cn1c(=O)n([C@H](C)c2ccccn2)c2c4cc(OC)c(-c5c(C)noc5C)cc4ncc21)C(=O)N3[C@H](C)c1ccccn1. The highest BCUT2D eigenvalue weighted by Gasteiger charge is 2.43. The minimum absolute atomic E-state index is 0.274. The highest BCUT2D eigenvalue weighted by Crippen LogP contribution is 2.49. The maximum Gasteiger partial charge on any atom is 0.390 e. The Labute approximate surface area is 406 Å². The van der Waals surface area contributed by atoms with Crippen LogP contribution in [-0.2, 0) is 20.9 Å². The van der Waals surface area contributed by atoms with Crippen LogP contribution in [0.3, 0.4) is 0 Å². The summed E-state index contributed by atoms with van der Waals surface area (Å²) in [5, 5.41) is 14.7. The van der Waals surface area contributed by atoms with Gasteiger partial charge < -0.3 is 33.9 Å². The molecule has 0 fully saturated rings. The van der Waals surface area contributed by atoms with Gasteiger partial charge in [0.25, 0.3) is 0 Å². The number of nitrogens with zero attached hydrogens (tertiary/aromatic N) is 9.